The third-order valence-corrected chi connectivity index (χ3v) is 6.04. The van der Waals surface area contributed by atoms with Crippen LogP contribution in [0.3, 0.4) is 0 Å². The average molecular weight is 457 g/mol. The zero-order chi connectivity index (χ0) is 22.1. The van der Waals surface area contributed by atoms with Crippen LogP contribution in [0.1, 0.15) is 27.8 Å². The minimum absolute atomic E-state index is 0.205. The number of benzene rings is 2. The molecule has 1 amide bonds. The first-order valence-electron chi connectivity index (χ1n) is 9.50. The van der Waals surface area contributed by atoms with E-state index >= 15 is 0 Å². The van der Waals surface area contributed by atoms with Crippen LogP contribution in [0.4, 0.5) is 9.39 Å². The van der Waals surface area contributed by atoms with Crippen molar-refractivity contribution in [3.05, 3.63) is 76.0 Å². The van der Waals surface area contributed by atoms with E-state index in [1.807, 2.05) is 0 Å². The van der Waals surface area contributed by atoms with Crippen molar-refractivity contribution < 1.29 is 18.7 Å². The van der Waals surface area contributed by atoms with E-state index in [-0.39, 0.29) is 18.0 Å². The third kappa shape index (κ3) is 4.06. The summed E-state index contributed by atoms with van der Waals surface area (Å²) in [7, 11) is 1.69. The summed E-state index contributed by atoms with van der Waals surface area (Å²) in [4.78, 5) is 25.7. The van der Waals surface area contributed by atoms with E-state index in [4.69, 9.17) is 16.3 Å². The zero-order valence-corrected chi connectivity index (χ0v) is 18.3. The third-order valence-electron chi connectivity index (χ3n) is 4.89. The molecule has 1 N–H and O–H groups in total. The van der Waals surface area contributed by atoms with Gasteiger partial charge in [0.1, 0.15) is 22.1 Å². The van der Waals surface area contributed by atoms with E-state index in [0.29, 0.717) is 26.8 Å². The predicted octanol–water partition coefficient (Wildman–Crippen LogP) is 6.13. The van der Waals surface area contributed by atoms with E-state index in [9.17, 15) is 14.0 Å². The van der Waals surface area contributed by atoms with Crippen LogP contribution in [0, 0.1) is 5.82 Å². The molecule has 0 atom stereocenters. The van der Waals surface area contributed by atoms with Crippen LogP contribution in [-0.4, -0.2) is 23.1 Å². The van der Waals surface area contributed by atoms with Crippen molar-refractivity contribution in [2.45, 2.75) is 6.92 Å². The maximum atomic E-state index is 13.6. The quantitative estimate of drug-likeness (QED) is 0.367. The highest BCUT2D eigenvalue weighted by molar-refractivity contribution is 7.15. The van der Waals surface area contributed by atoms with Crippen molar-refractivity contribution in [3.63, 3.8) is 0 Å². The maximum absolute atomic E-state index is 13.6. The van der Waals surface area contributed by atoms with Gasteiger partial charge >= 0.3 is 5.97 Å². The Balaban J connectivity index is 1.73. The van der Waals surface area contributed by atoms with Crippen LogP contribution in [0.2, 0.25) is 5.02 Å². The number of aryl methyl sites for hydroxylation is 1. The van der Waals surface area contributed by atoms with Gasteiger partial charge in [-0.1, -0.05) is 23.7 Å². The minimum atomic E-state index is -0.525. The second-order valence-electron chi connectivity index (χ2n) is 6.83. The minimum Gasteiger partial charge on any atom is -0.462 e. The van der Waals surface area contributed by atoms with Gasteiger partial charge in [-0.3, -0.25) is 4.79 Å². The molecule has 2 aromatic heterocycles. The monoisotopic (exact) mass is 456 g/mol. The summed E-state index contributed by atoms with van der Waals surface area (Å²) in [5.74, 6) is -1.31. The van der Waals surface area contributed by atoms with Gasteiger partial charge in [0.05, 0.1) is 12.1 Å². The number of thiophene rings is 1. The van der Waals surface area contributed by atoms with Crippen LogP contribution in [0.15, 0.2) is 53.9 Å². The Bertz CT molecular complexity index is 1290. The molecule has 0 aliphatic heterocycles. The molecular formula is C23H18ClFN2O3S. The second kappa shape index (κ2) is 8.53. The molecule has 0 unspecified atom stereocenters. The van der Waals surface area contributed by atoms with Crippen LogP contribution >= 0.6 is 22.9 Å². The lowest BCUT2D eigenvalue weighted by Gasteiger charge is -2.09. The number of anilines is 1. The van der Waals surface area contributed by atoms with E-state index in [1.54, 1.807) is 60.3 Å². The van der Waals surface area contributed by atoms with Gasteiger partial charge in [-0.15, -0.1) is 11.3 Å². The molecule has 0 aliphatic rings. The molecule has 8 heteroatoms. The topological polar surface area (TPSA) is 60.3 Å². The fraction of sp³-hybridized carbons (Fsp3) is 0.130. The normalized spacial score (nSPS) is 11.0. The molecule has 5 nitrogen and oxygen atoms in total. The lowest BCUT2D eigenvalue weighted by atomic mass is 10.0. The summed E-state index contributed by atoms with van der Waals surface area (Å²) >= 11 is 7.21. The van der Waals surface area contributed by atoms with Gasteiger partial charge in [-0.25, -0.2) is 9.18 Å². The molecule has 0 saturated carbocycles. The van der Waals surface area contributed by atoms with Gasteiger partial charge < -0.3 is 14.6 Å². The first kappa shape index (κ1) is 21.1. The number of hydrogen-bond acceptors (Lipinski definition) is 4. The smallest absolute Gasteiger partial charge is 0.341 e. The van der Waals surface area contributed by atoms with Crippen molar-refractivity contribution in [3.8, 4) is 11.1 Å². The van der Waals surface area contributed by atoms with Crippen molar-refractivity contribution in [1.29, 1.82) is 0 Å². The lowest BCUT2D eigenvalue weighted by Crippen LogP contribution is -2.17. The highest BCUT2D eigenvalue weighted by Crippen LogP contribution is 2.37. The molecule has 4 aromatic rings. The van der Waals surface area contributed by atoms with Crippen molar-refractivity contribution >= 4 is 50.7 Å². The van der Waals surface area contributed by atoms with E-state index in [0.717, 1.165) is 10.9 Å². The summed E-state index contributed by atoms with van der Waals surface area (Å²) in [5.41, 5.74) is 2.66. The molecule has 0 fully saturated rings. The molecule has 2 heterocycles. The number of esters is 1. The summed E-state index contributed by atoms with van der Waals surface area (Å²) in [5, 5.41) is 6.32. The van der Waals surface area contributed by atoms with E-state index in [2.05, 4.69) is 5.32 Å². The van der Waals surface area contributed by atoms with Crippen molar-refractivity contribution in [2.24, 2.45) is 7.05 Å². The first-order chi connectivity index (χ1) is 14.9. The number of rotatable bonds is 5. The molecule has 4 rings (SSSR count). The van der Waals surface area contributed by atoms with Crippen LogP contribution in [-0.2, 0) is 11.8 Å². The first-order valence-corrected chi connectivity index (χ1v) is 10.8. The molecule has 158 valence electrons. The van der Waals surface area contributed by atoms with Crippen LogP contribution in [0.5, 0.6) is 0 Å². The zero-order valence-electron chi connectivity index (χ0n) is 16.7. The maximum Gasteiger partial charge on any atom is 0.341 e. The molecule has 31 heavy (non-hydrogen) atoms. The Kier molecular flexibility index (Phi) is 5.80. The van der Waals surface area contributed by atoms with Gasteiger partial charge in [-0.2, -0.15) is 0 Å². The Morgan fingerprint density at radius 2 is 1.90 bits per heavy atom. The number of hydrogen-bond donors (Lipinski definition) is 1. The summed E-state index contributed by atoms with van der Waals surface area (Å²) in [6.07, 6.45) is 0. The van der Waals surface area contributed by atoms with E-state index in [1.165, 1.54) is 23.5 Å². The van der Waals surface area contributed by atoms with Crippen LogP contribution in [0.25, 0.3) is 22.0 Å². The Hall–Kier alpha value is -3.16. The lowest BCUT2D eigenvalue weighted by molar-refractivity contribution is 0.0529. The fourth-order valence-corrected chi connectivity index (χ4v) is 4.46. The number of carbonyl (C=O) groups is 2. The number of amides is 1. The molecule has 0 bridgehead atoms. The molecule has 0 spiro atoms. The Morgan fingerprint density at radius 3 is 2.61 bits per heavy atom. The number of nitrogens with zero attached hydrogens (tertiary/aromatic N) is 1. The van der Waals surface area contributed by atoms with Gasteiger partial charge in [0.2, 0.25) is 0 Å². The summed E-state index contributed by atoms with van der Waals surface area (Å²) in [6, 6.07) is 13.1. The number of nitrogens with one attached hydrogen (secondary N) is 1. The molecule has 0 radical (unpaired) electrons. The summed E-state index contributed by atoms with van der Waals surface area (Å²) in [6.45, 7) is 1.93. The fourth-order valence-electron chi connectivity index (χ4n) is 3.39. The van der Waals surface area contributed by atoms with E-state index < -0.39 is 11.9 Å². The highest BCUT2D eigenvalue weighted by atomic mass is 35.5. The predicted molar refractivity (Wildman–Crippen MR) is 122 cm³/mol. The molecular weight excluding hydrogens is 439 g/mol. The van der Waals surface area contributed by atoms with Crippen molar-refractivity contribution in [2.75, 3.05) is 11.9 Å². The number of ether oxygens (including phenoxy) is 1. The molecule has 0 saturated heterocycles. The van der Waals surface area contributed by atoms with Crippen LogP contribution < -0.4 is 5.32 Å². The van der Waals surface area contributed by atoms with Gasteiger partial charge in [0.25, 0.3) is 5.91 Å². The largest absolute Gasteiger partial charge is 0.462 e. The number of fused-ring (bicyclic) bond motifs is 1. The summed E-state index contributed by atoms with van der Waals surface area (Å²) < 4.78 is 20.5. The van der Waals surface area contributed by atoms with Gasteiger partial charge in [0.15, 0.2) is 0 Å². The molecule has 2 aromatic carbocycles. The highest BCUT2D eigenvalue weighted by Gasteiger charge is 2.24. The Labute approximate surface area is 187 Å². The SMILES string of the molecule is CCOC(=O)c1c(-c2ccc(Cl)cc2)csc1NC(=O)c1cc2ccc(F)cc2n1C. The average Bonchev–Trinajstić information content (AvgIpc) is 3.30. The second-order valence-corrected chi connectivity index (χ2v) is 8.14. The van der Waals surface area contributed by atoms with Gasteiger partial charge in [-0.05, 0) is 48.9 Å². The number of aromatic nitrogens is 1. The molecule has 0 aliphatic carbocycles. The van der Waals surface area contributed by atoms with Crippen molar-refractivity contribution in [1.82, 2.24) is 4.57 Å². The number of halogens is 2. The standard InChI is InChI=1S/C23H18ClFN2O3S/c1-3-30-23(29)20-17(13-4-7-15(24)8-5-13)12-31-22(20)26-21(28)19-10-14-6-9-16(25)11-18(14)27(19)2/h4-12H,3H2,1-2H3,(H,26,28). The Morgan fingerprint density at radius 1 is 1.16 bits per heavy atom. The van der Waals surface area contributed by atoms with Gasteiger partial charge in [0, 0.05) is 28.4 Å². The number of carbonyl (C=O) groups excluding carboxylic acids is 2.